The first-order valence-electron chi connectivity index (χ1n) is 3.76. The molecule has 16 heavy (non-hydrogen) atoms. The predicted molar refractivity (Wildman–Crippen MR) is 49.1 cm³/mol. The Balaban J connectivity index is 3.18. The van der Waals surface area contributed by atoms with Crippen LogP contribution in [0.15, 0.2) is 6.20 Å². The predicted octanol–water partition coefficient (Wildman–Crippen LogP) is -1.65. The zero-order valence-corrected chi connectivity index (χ0v) is 9.41. The normalized spacial score (nSPS) is 14.1. The Morgan fingerprint density at radius 3 is 2.06 bits per heavy atom. The number of aliphatic hydroxyl groups is 1. The molecule has 0 aliphatic carbocycles. The zero-order valence-electron chi connectivity index (χ0n) is 7.63. The molecule has 0 saturated carbocycles. The summed E-state index contributed by atoms with van der Waals surface area (Å²) in [5, 5.41) is 14.7. The molecule has 1 aromatic rings. The van der Waals surface area contributed by atoms with E-state index in [2.05, 4.69) is 10.2 Å². The highest BCUT2D eigenvalue weighted by molar-refractivity contribution is 7.72. The van der Waals surface area contributed by atoms with Crippen LogP contribution in [0, 0.1) is 0 Å². The van der Waals surface area contributed by atoms with Crippen LogP contribution in [-0.2, 0) is 15.6 Å². The number of hydrogen-bond acceptors (Lipinski definition) is 5. The van der Waals surface area contributed by atoms with Crippen molar-refractivity contribution in [3.63, 3.8) is 0 Å². The van der Waals surface area contributed by atoms with Crippen LogP contribution >= 0.6 is 15.2 Å². The molecule has 0 fully saturated rings. The van der Waals surface area contributed by atoms with Crippen LogP contribution in [0.5, 0.6) is 0 Å². The van der Waals surface area contributed by atoms with Gasteiger partial charge in [0.15, 0.2) is 0 Å². The summed E-state index contributed by atoms with van der Waals surface area (Å²) in [7, 11) is -10.9. The van der Waals surface area contributed by atoms with E-state index in [0.717, 1.165) is 6.20 Å². The molecule has 0 saturated heterocycles. The Bertz CT molecular complexity index is 424. The number of aromatic nitrogens is 3. The van der Waals surface area contributed by atoms with Crippen LogP contribution in [-0.4, -0.2) is 45.2 Å². The van der Waals surface area contributed by atoms with Crippen molar-refractivity contribution >= 4 is 15.2 Å². The molecular formula is C4H9N3O7P2. The molecule has 0 unspecified atom stereocenters. The molecule has 0 aliphatic rings. The van der Waals surface area contributed by atoms with Crippen LogP contribution in [0.3, 0.4) is 0 Å². The molecule has 10 nitrogen and oxygen atoms in total. The smallest absolute Gasteiger partial charge is 0.367 e. The van der Waals surface area contributed by atoms with Crippen molar-refractivity contribution in [1.82, 2.24) is 15.4 Å². The average molecular weight is 273 g/mol. The third kappa shape index (κ3) is 2.38. The standard InChI is InChI=1S/C4H9N3O7P2/c8-4(15(9,10)11,16(12,13)14)1-3-2-5-7-6-3/h2,8H,1H2,(H,5,6,7)(H2,9,10,11)(H2,12,13,14). The second-order valence-electron chi connectivity index (χ2n) is 3.00. The summed E-state index contributed by atoms with van der Waals surface area (Å²) in [4.78, 5) is 35.1. The topological polar surface area (TPSA) is 177 Å². The molecule has 0 aromatic carbocycles. The third-order valence-electron chi connectivity index (χ3n) is 1.82. The van der Waals surface area contributed by atoms with Gasteiger partial charge in [0.2, 0.25) is 0 Å². The van der Waals surface area contributed by atoms with Gasteiger partial charge in [-0.3, -0.25) is 9.13 Å². The maximum atomic E-state index is 10.9. The van der Waals surface area contributed by atoms with Gasteiger partial charge in [-0.1, -0.05) is 0 Å². The van der Waals surface area contributed by atoms with Crippen LogP contribution in [0.25, 0.3) is 0 Å². The summed E-state index contributed by atoms with van der Waals surface area (Å²) in [5.41, 5.74) is -0.186. The van der Waals surface area contributed by atoms with Crippen molar-refractivity contribution in [2.24, 2.45) is 0 Å². The first-order chi connectivity index (χ1) is 7.08. The molecule has 0 spiro atoms. The second kappa shape index (κ2) is 4.01. The number of H-pyrrole nitrogens is 1. The highest BCUT2D eigenvalue weighted by Crippen LogP contribution is 2.68. The summed E-state index contributed by atoms with van der Waals surface area (Å²) < 4.78 is 21.8. The van der Waals surface area contributed by atoms with Gasteiger partial charge in [0.1, 0.15) is 0 Å². The molecule has 0 atom stereocenters. The fraction of sp³-hybridized carbons (Fsp3) is 0.500. The molecule has 1 rings (SSSR count). The van der Waals surface area contributed by atoms with Crippen LogP contribution in [0.4, 0.5) is 0 Å². The maximum Gasteiger partial charge on any atom is 0.369 e. The van der Waals surface area contributed by atoms with E-state index in [1.54, 1.807) is 0 Å². The number of nitrogens with one attached hydrogen (secondary N) is 1. The largest absolute Gasteiger partial charge is 0.369 e. The Labute approximate surface area is 88.6 Å². The molecule has 0 amide bonds. The Morgan fingerprint density at radius 2 is 1.75 bits per heavy atom. The molecule has 0 radical (unpaired) electrons. The van der Waals surface area contributed by atoms with Crippen molar-refractivity contribution in [3.05, 3.63) is 11.9 Å². The monoisotopic (exact) mass is 273 g/mol. The number of hydrogen-bond donors (Lipinski definition) is 6. The lowest BCUT2D eigenvalue weighted by atomic mass is 10.3. The van der Waals surface area contributed by atoms with Gasteiger partial charge in [0.05, 0.1) is 11.9 Å². The minimum Gasteiger partial charge on any atom is -0.367 e. The molecular weight excluding hydrogens is 264 g/mol. The van der Waals surface area contributed by atoms with E-state index in [4.69, 9.17) is 19.6 Å². The maximum absolute atomic E-state index is 10.9. The summed E-state index contributed by atoms with van der Waals surface area (Å²) in [6, 6.07) is 0. The third-order valence-corrected chi connectivity index (χ3v) is 5.56. The van der Waals surface area contributed by atoms with E-state index < -0.39 is 26.7 Å². The average Bonchev–Trinajstić information content (AvgIpc) is 2.52. The van der Waals surface area contributed by atoms with E-state index in [-0.39, 0.29) is 5.69 Å². The van der Waals surface area contributed by atoms with Crippen molar-refractivity contribution in [2.45, 2.75) is 11.5 Å². The SMILES string of the molecule is O=P(O)(O)C(O)(Cc1cn[nH]n1)P(=O)(O)O. The van der Waals surface area contributed by atoms with E-state index in [9.17, 15) is 14.2 Å². The summed E-state index contributed by atoms with van der Waals surface area (Å²) in [6.45, 7) is 0. The van der Waals surface area contributed by atoms with E-state index in [1.165, 1.54) is 0 Å². The van der Waals surface area contributed by atoms with E-state index in [1.807, 2.05) is 5.21 Å². The Kier molecular flexibility index (Phi) is 3.37. The highest BCUT2D eigenvalue weighted by Gasteiger charge is 2.59. The van der Waals surface area contributed by atoms with Crippen molar-refractivity contribution in [3.8, 4) is 0 Å². The quantitative estimate of drug-likeness (QED) is 0.350. The number of nitrogens with zero attached hydrogens (tertiary/aromatic N) is 2. The van der Waals surface area contributed by atoms with Crippen molar-refractivity contribution < 1.29 is 33.8 Å². The first-order valence-corrected chi connectivity index (χ1v) is 6.99. The van der Waals surface area contributed by atoms with Gasteiger partial charge < -0.3 is 24.7 Å². The molecule has 1 aromatic heterocycles. The summed E-state index contributed by atoms with van der Waals surface area (Å²) in [5.74, 6) is 0. The molecule has 12 heteroatoms. The zero-order chi connectivity index (χ0) is 12.6. The van der Waals surface area contributed by atoms with Crippen LogP contribution in [0.1, 0.15) is 5.69 Å². The van der Waals surface area contributed by atoms with Crippen LogP contribution < -0.4 is 0 Å². The lowest BCUT2D eigenvalue weighted by Crippen LogP contribution is -2.31. The summed E-state index contributed by atoms with van der Waals surface area (Å²) in [6.07, 6.45) is -0.0334. The fourth-order valence-electron chi connectivity index (χ4n) is 0.929. The summed E-state index contributed by atoms with van der Waals surface area (Å²) >= 11 is 0. The van der Waals surface area contributed by atoms with Gasteiger partial charge in [-0.25, -0.2) is 0 Å². The Morgan fingerprint density at radius 1 is 1.25 bits per heavy atom. The molecule has 1 heterocycles. The lowest BCUT2D eigenvalue weighted by Gasteiger charge is -2.28. The molecule has 6 N–H and O–H groups in total. The Hall–Kier alpha value is -0.600. The van der Waals surface area contributed by atoms with E-state index in [0.29, 0.717) is 0 Å². The minimum atomic E-state index is -5.44. The molecule has 92 valence electrons. The van der Waals surface area contributed by atoms with Gasteiger partial charge in [-0.15, -0.1) is 0 Å². The second-order valence-corrected chi connectivity index (χ2v) is 7.01. The van der Waals surface area contributed by atoms with Gasteiger partial charge in [0, 0.05) is 6.42 Å². The van der Waals surface area contributed by atoms with Gasteiger partial charge in [-0.05, 0) is 0 Å². The van der Waals surface area contributed by atoms with Gasteiger partial charge in [0.25, 0.3) is 5.08 Å². The molecule has 0 aliphatic heterocycles. The first kappa shape index (κ1) is 13.5. The fourth-order valence-corrected chi connectivity index (χ4v) is 3.02. The van der Waals surface area contributed by atoms with Crippen molar-refractivity contribution in [2.75, 3.05) is 0 Å². The number of aromatic amines is 1. The highest BCUT2D eigenvalue weighted by atomic mass is 31.2. The lowest BCUT2D eigenvalue weighted by molar-refractivity contribution is 0.130. The minimum absolute atomic E-state index is 0.186. The molecule has 0 bridgehead atoms. The van der Waals surface area contributed by atoms with Crippen LogP contribution in [0.2, 0.25) is 0 Å². The van der Waals surface area contributed by atoms with Gasteiger partial charge in [-0.2, -0.15) is 15.4 Å². The van der Waals surface area contributed by atoms with Crippen molar-refractivity contribution in [1.29, 1.82) is 0 Å². The number of rotatable bonds is 4. The van der Waals surface area contributed by atoms with E-state index >= 15 is 0 Å². The van der Waals surface area contributed by atoms with Gasteiger partial charge >= 0.3 is 15.2 Å².